The van der Waals surface area contributed by atoms with Crippen LogP contribution < -0.4 is 10.6 Å². The molecule has 3 heteroatoms. The van der Waals surface area contributed by atoms with Crippen LogP contribution in [-0.2, 0) is 0 Å². The Morgan fingerprint density at radius 1 is 1.17 bits per heavy atom. The molecule has 1 aromatic heterocycles. The third-order valence-corrected chi connectivity index (χ3v) is 4.27. The lowest BCUT2D eigenvalue weighted by atomic mass is 10.1. The first kappa shape index (κ1) is 11.8. The van der Waals surface area contributed by atoms with Gasteiger partial charge >= 0.3 is 0 Å². The molecule has 2 N–H and O–H groups in total. The average molecular weight is 258 g/mol. The van der Waals surface area contributed by atoms with Gasteiger partial charge in [0, 0.05) is 28.7 Å². The predicted octanol–water partition coefficient (Wildman–Crippen LogP) is 3.58. The van der Waals surface area contributed by atoms with Crippen LogP contribution in [0.5, 0.6) is 0 Å². The van der Waals surface area contributed by atoms with Crippen molar-refractivity contribution in [3.8, 4) is 10.4 Å². The Balaban J connectivity index is 1.83. The van der Waals surface area contributed by atoms with E-state index < -0.39 is 0 Å². The summed E-state index contributed by atoms with van der Waals surface area (Å²) in [6.45, 7) is 2.23. The number of para-hydroxylation sites is 1. The van der Waals surface area contributed by atoms with Crippen LogP contribution in [0.25, 0.3) is 10.4 Å². The monoisotopic (exact) mass is 258 g/mol. The topological polar surface area (TPSA) is 24.1 Å². The van der Waals surface area contributed by atoms with Gasteiger partial charge < -0.3 is 10.6 Å². The number of nitrogens with one attached hydrogen (secondary N) is 2. The molecule has 1 fully saturated rings. The number of piperidine rings is 1. The van der Waals surface area contributed by atoms with Gasteiger partial charge in [-0.15, -0.1) is 11.3 Å². The molecule has 1 aliphatic heterocycles. The molecular formula is C15H18N2S. The van der Waals surface area contributed by atoms with Crippen molar-refractivity contribution in [2.75, 3.05) is 18.4 Å². The van der Waals surface area contributed by atoms with E-state index in [0.29, 0.717) is 6.04 Å². The molecule has 0 bridgehead atoms. The lowest BCUT2D eigenvalue weighted by Gasteiger charge is -2.25. The van der Waals surface area contributed by atoms with Gasteiger partial charge in [0.05, 0.1) is 0 Å². The molecule has 94 valence electrons. The van der Waals surface area contributed by atoms with Gasteiger partial charge in [-0.3, -0.25) is 0 Å². The Bertz CT molecular complexity index is 487. The van der Waals surface area contributed by atoms with Crippen molar-refractivity contribution in [3.63, 3.8) is 0 Å². The molecule has 0 aliphatic carbocycles. The van der Waals surface area contributed by atoms with Crippen molar-refractivity contribution in [3.05, 3.63) is 41.8 Å². The zero-order chi connectivity index (χ0) is 12.2. The molecule has 0 radical (unpaired) electrons. The van der Waals surface area contributed by atoms with E-state index >= 15 is 0 Å². The van der Waals surface area contributed by atoms with Crippen LogP contribution in [0.1, 0.15) is 12.8 Å². The lowest BCUT2D eigenvalue weighted by Crippen LogP contribution is -2.38. The molecule has 1 aliphatic rings. The van der Waals surface area contributed by atoms with E-state index in [0.717, 1.165) is 13.1 Å². The standard InChI is InChI=1S/C15H18N2S/c1-2-7-14(17-12-5-3-9-16-11-12)13(6-1)15-8-4-10-18-15/h1-2,4,6-8,10,12,16-17H,3,5,9,11H2. The first-order valence-corrected chi connectivity index (χ1v) is 7.41. The van der Waals surface area contributed by atoms with Crippen LogP contribution in [0.3, 0.4) is 0 Å². The Kier molecular flexibility index (Phi) is 3.62. The van der Waals surface area contributed by atoms with Crippen molar-refractivity contribution in [2.24, 2.45) is 0 Å². The molecule has 1 saturated heterocycles. The first-order valence-electron chi connectivity index (χ1n) is 6.53. The summed E-state index contributed by atoms with van der Waals surface area (Å²) in [4.78, 5) is 1.34. The highest BCUT2D eigenvalue weighted by molar-refractivity contribution is 7.13. The molecule has 0 spiro atoms. The van der Waals surface area contributed by atoms with E-state index in [4.69, 9.17) is 0 Å². The van der Waals surface area contributed by atoms with E-state index in [1.165, 1.54) is 29.0 Å². The van der Waals surface area contributed by atoms with E-state index in [1.807, 2.05) is 0 Å². The predicted molar refractivity (Wildman–Crippen MR) is 79.3 cm³/mol. The summed E-state index contributed by atoms with van der Waals surface area (Å²) in [6.07, 6.45) is 2.52. The van der Waals surface area contributed by atoms with Crippen LogP contribution in [0.15, 0.2) is 41.8 Å². The molecule has 1 unspecified atom stereocenters. The van der Waals surface area contributed by atoms with Gasteiger partial charge in [0.2, 0.25) is 0 Å². The highest BCUT2D eigenvalue weighted by atomic mass is 32.1. The summed E-state index contributed by atoms with van der Waals surface area (Å²) >= 11 is 1.80. The van der Waals surface area contributed by atoms with E-state index in [-0.39, 0.29) is 0 Å². The average Bonchev–Trinajstić information content (AvgIpc) is 2.94. The minimum atomic E-state index is 0.555. The van der Waals surface area contributed by atoms with Crippen molar-refractivity contribution < 1.29 is 0 Å². The molecule has 2 nitrogen and oxygen atoms in total. The normalized spacial score (nSPS) is 19.7. The summed E-state index contributed by atoms with van der Waals surface area (Å²) in [6, 6.07) is 13.5. The van der Waals surface area contributed by atoms with Gasteiger partial charge in [-0.2, -0.15) is 0 Å². The van der Waals surface area contributed by atoms with Gasteiger partial charge in [-0.25, -0.2) is 0 Å². The summed E-state index contributed by atoms with van der Waals surface area (Å²) in [5, 5.41) is 9.26. The number of benzene rings is 1. The number of thiophene rings is 1. The van der Waals surface area contributed by atoms with Crippen LogP contribution >= 0.6 is 11.3 Å². The van der Waals surface area contributed by atoms with Crippen LogP contribution in [-0.4, -0.2) is 19.1 Å². The van der Waals surface area contributed by atoms with Crippen LogP contribution in [0, 0.1) is 0 Å². The van der Waals surface area contributed by atoms with Gasteiger partial charge in [-0.05, 0) is 36.9 Å². The molecule has 1 atom stereocenters. The van der Waals surface area contributed by atoms with Crippen molar-refractivity contribution in [1.29, 1.82) is 0 Å². The Morgan fingerprint density at radius 2 is 2.11 bits per heavy atom. The largest absolute Gasteiger partial charge is 0.381 e. The maximum absolute atomic E-state index is 3.68. The fourth-order valence-electron chi connectivity index (χ4n) is 2.45. The number of rotatable bonds is 3. The van der Waals surface area contributed by atoms with E-state index in [2.05, 4.69) is 52.4 Å². The molecule has 1 aromatic carbocycles. The molecule has 2 aromatic rings. The zero-order valence-electron chi connectivity index (χ0n) is 10.4. The second-order valence-electron chi connectivity index (χ2n) is 4.71. The van der Waals surface area contributed by atoms with Gasteiger partial charge in [0.1, 0.15) is 0 Å². The van der Waals surface area contributed by atoms with Crippen molar-refractivity contribution >= 4 is 17.0 Å². The molecule has 18 heavy (non-hydrogen) atoms. The molecule has 0 saturated carbocycles. The maximum atomic E-state index is 3.68. The van der Waals surface area contributed by atoms with E-state index in [1.54, 1.807) is 11.3 Å². The smallest absolute Gasteiger partial charge is 0.0430 e. The summed E-state index contributed by atoms with van der Waals surface area (Å²) < 4.78 is 0. The first-order chi connectivity index (χ1) is 8.93. The highest BCUT2D eigenvalue weighted by Gasteiger charge is 2.14. The maximum Gasteiger partial charge on any atom is 0.0430 e. The molecule has 3 rings (SSSR count). The van der Waals surface area contributed by atoms with Gasteiger partial charge in [-0.1, -0.05) is 24.3 Å². The van der Waals surface area contributed by atoms with Gasteiger partial charge in [0.25, 0.3) is 0 Å². The van der Waals surface area contributed by atoms with Gasteiger partial charge in [0.15, 0.2) is 0 Å². The third-order valence-electron chi connectivity index (χ3n) is 3.37. The third kappa shape index (κ3) is 2.57. The summed E-state index contributed by atoms with van der Waals surface area (Å²) in [7, 11) is 0. The Labute approximate surface area is 112 Å². The zero-order valence-corrected chi connectivity index (χ0v) is 11.2. The lowest BCUT2D eigenvalue weighted by molar-refractivity contribution is 0.480. The number of hydrogen-bond acceptors (Lipinski definition) is 3. The summed E-state index contributed by atoms with van der Waals surface area (Å²) in [5.74, 6) is 0. The van der Waals surface area contributed by atoms with Crippen LogP contribution in [0.4, 0.5) is 5.69 Å². The second-order valence-corrected chi connectivity index (χ2v) is 5.66. The Hall–Kier alpha value is -1.32. The van der Waals surface area contributed by atoms with Crippen LogP contribution in [0.2, 0.25) is 0 Å². The summed E-state index contributed by atoms with van der Waals surface area (Å²) in [5.41, 5.74) is 2.58. The Morgan fingerprint density at radius 3 is 2.89 bits per heavy atom. The fourth-order valence-corrected chi connectivity index (χ4v) is 3.22. The quantitative estimate of drug-likeness (QED) is 0.879. The highest BCUT2D eigenvalue weighted by Crippen LogP contribution is 2.32. The minimum absolute atomic E-state index is 0.555. The van der Waals surface area contributed by atoms with E-state index in [9.17, 15) is 0 Å². The van der Waals surface area contributed by atoms with Crippen molar-refractivity contribution in [1.82, 2.24) is 5.32 Å². The SMILES string of the molecule is c1csc(-c2ccccc2NC2CCCNC2)c1. The number of anilines is 1. The molecule has 2 heterocycles. The van der Waals surface area contributed by atoms with Crippen molar-refractivity contribution in [2.45, 2.75) is 18.9 Å². The fraction of sp³-hybridized carbons (Fsp3) is 0.333. The number of hydrogen-bond donors (Lipinski definition) is 2. The molecule has 0 amide bonds. The molecular weight excluding hydrogens is 240 g/mol. The minimum Gasteiger partial charge on any atom is -0.381 e. The second kappa shape index (κ2) is 5.55.